The van der Waals surface area contributed by atoms with Crippen LogP contribution in [-0.4, -0.2) is 43.1 Å². The summed E-state index contributed by atoms with van der Waals surface area (Å²) in [5.74, 6) is -1.33. The first kappa shape index (κ1) is 19.5. The second kappa shape index (κ2) is 7.23. The van der Waals surface area contributed by atoms with E-state index in [9.17, 15) is 22.4 Å². The third-order valence-corrected chi connectivity index (χ3v) is 6.26. The van der Waals surface area contributed by atoms with E-state index in [1.165, 1.54) is 18.2 Å². The topological polar surface area (TPSA) is 113 Å². The van der Waals surface area contributed by atoms with E-state index < -0.39 is 15.8 Å². The van der Waals surface area contributed by atoms with E-state index in [4.69, 9.17) is 5.14 Å². The zero-order valence-electron chi connectivity index (χ0n) is 15.5. The fourth-order valence-corrected chi connectivity index (χ4v) is 4.98. The SMILES string of the molecule is NS(=O)(=O)CC1CCCN(C(=O)c2cccc3c(=O)c4cccc(F)c4[nH]c23)C1. The second-order valence-electron chi connectivity index (χ2n) is 7.43. The molecule has 0 aliphatic carbocycles. The van der Waals surface area contributed by atoms with Crippen LogP contribution in [0.1, 0.15) is 23.2 Å². The van der Waals surface area contributed by atoms with Gasteiger partial charge in [-0.05, 0) is 43.0 Å². The number of aromatic amines is 1. The minimum absolute atomic E-state index is 0.0518. The minimum Gasteiger partial charge on any atom is -0.351 e. The zero-order chi connectivity index (χ0) is 20.8. The normalized spacial score (nSPS) is 17.7. The number of para-hydroxylation sites is 2. The van der Waals surface area contributed by atoms with Crippen LogP contribution in [0.15, 0.2) is 41.2 Å². The molecule has 1 saturated heterocycles. The Bertz CT molecular complexity index is 1290. The average Bonchev–Trinajstić information content (AvgIpc) is 2.67. The van der Waals surface area contributed by atoms with Gasteiger partial charge in [0.1, 0.15) is 5.82 Å². The van der Waals surface area contributed by atoms with Crippen LogP contribution in [0.4, 0.5) is 4.39 Å². The van der Waals surface area contributed by atoms with Crippen LogP contribution in [0.5, 0.6) is 0 Å². The maximum atomic E-state index is 14.3. The van der Waals surface area contributed by atoms with E-state index in [0.717, 1.165) is 0 Å². The predicted octanol–water partition coefficient (Wildman–Crippen LogP) is 1.96. The summed E-state index contributed by atoms with van der Waals surface area (Å²) in [7, 11) is -3.63. The molecule has 0 saturated carbocycles. The van der Waals surface area contributed by atoms with Gasteiger partial charge >= 0.3 is 0 Å². The van der Waals surface area contributed by atoms with Crippen molar-refractivity contribution >= 4 is 37.7 Å². The van der Waals surface area contributed by atoms with Crippen LogP contribution in [0.3, 0.4) is 0 Å². The van der Waals surface area contributed by atoms with Crippen molar-refractivity contribution in [2.75, 3.05) is 18.8 Å². The third kappa shape index (κ3) is 3.75. The molecule has 1 fully saturated rings. The van der Waals surface area contributed by atoms with Crippen molar-refractivity contribution in [2.24, 2.45) is 11.1 Å². The van der Waals surface area contributed by atoms with Crippen molar-refractivity contribution in [2.45, 2.75) is 12.8 Å². The Balaban J connectivity index is 1.77. The molecule has 3 N–H and O–H groups in total. The summed E-state index contributed by atoms with van der Waals surface area (Å²) in [6.07, 6.45) is 1.33. The number of hydrogen-bond donors (Lipinski definition) is 2. The van der Waals surface area contributed by atoms with Gasteiger partial charge in [0.15, 0.2) is 5.43 Å². The van der Waals surface area contributed by atoms with Gasteiger partial charge in [-0.2, -0.15) is 0 Å². The predicted molar refractivity (Wildman–Crippen MR) is 109 cm³/mol. The first-order valence-electron chi connectivity index (χ1n) is 9.27. The number of carbonyl (C=O) groups excluding carboxylic acids is 1. The van der Waals surface area contributed by atoms with Crippen LogP contribution in [0.2, 0.25) is 0 Å². The van der Waals surface area contributed by atoms with Gasteiger partial charge in [0.05, 0.1) is 22.3 Å². The quantitative estimate of drug-likeness (QED) is 0.634. The Morgan fingerprint density at radius 2 is 1.86 bits per heavy atom. The summed E-state index contributed by atoms with van der Waals surface area (Å²) in [6.45, 7) is 0.736. The van der Waals surface area contributed by atoms with Gasteiger partial charge in [0.2, 0.25) is 10.0 Å². The van der Waals surface area contributed by atoms with Crippen LogP contribution < -0.4 is 10.6 Å². The number of piperidine rings is 1. The second-order valence-corrected chi connectivity index (χ2v) is 9.09. The number of halogens is 1. The first-order valence-corrected chi connectivity index (χ1v) is 11.0. The molecule has 0 bridgehead atoms. The number of carbonyl (C=O) groups is 1. The standard InChI is InChI=1S/C20H20FN3O4S/c21-16-8-2-6-14-18(16)23-17-13(19(14)25)5-1-7-15(17)20(26)24-9-3-4-12(10-24)11-29(22,27)28/h1-2,5-8,12H,3-4,9-11H2,(H,23,25)(H2,22,27,28). The highest BCUT2D eigenvalue weighted by molar-refractivity contribution is 7.89. The van der Waals surface area contributed by atoms with Crippen LogP contribution in [0, 0.1) is 11.7 Å². The molecule has 1 aliphatic heterocycles. The van der Waals surface area contributed by atoms with Crippen molar-refractivity contribution in [3.8, 4) is 0 Å². The Labute approximate surface area is 166 Å². The molecule has 1 unspecified atom stereocenters. The molecule has 1 atom stereocenters. The lowest BCUT2D eigenvalue weighted by Gasteiger charge is -2.32. The van der Waals surface area contributed by atoms with Crippen molar-refractivity contribution in [3.05, 3.63) is 58.0 Å². The molecule has 29 heavy (non-hydrogen) atoms. The maximum absolute atomic E-state index is 14.3. The number of primary sulfonamides is 1. The lowest BCUT2D eigenvalue weighted by molar-refractivity contribution is 0.0686. The highest BCUT2D eigenvalue weighted by Gasteiger charge is 2.28. The number of pyridine rings is 1. The maximum Gasteiger partial charge on any atom is 0.255 e. The number of fused-ring (bicyclic) bond motifs is 2. The molecule has 152 valence electrons. The zero-order valence-corrected chi connectivity index (χ0v) is 16.3. The van der Waals surface area contributed by atoms with Crippen LogP contribution in [0.25, 0.3) is 21.8 Å². The lowest BCUT2D eigenvalue weighted by atomic mass is 9.98. The molecule has 0 radical (unpaired) electrons. The van der Waals surface area contributed by atoms with Gasteiger partial charge < -0.3 is 9.88 Å². The molecule has 2 aromatic carbocycles. The largest absolute Gasteiger partial charge is 0.351 e. The van der Waals surface area contributed by atoms with Gasteiger partial charge in [-0.3, -0.25) is 9.59 Å². The van der Waals surface area contributed by atoms with E-state index in [0.29, 0.717) is 24.8 Å². The molecule has 1 amide bonds. The smallest absolute Gasteiger partial charge is 0.255 e. The van der Waals surface area contributed by atoms with E-state index in [1.54, 1.807) is 23.1 Å². The molecule has 3 aromatic rings. The van der Waals surface area contributed by atoms with Gasteiger partial charge in [-0.25, -0.2) is 17.9 Å². The van der Waals surface area contributed by atoms with E-state index in [2.05, 4.69) is 4.98 Å². The first-order chi connectivity index (χ1) is 13.7. The number of nitrogens with zero attached hydrogens (tertiary/aromatic N) is 1. The van der Waals surface area contributed by atoms with Crippen molar-refractivity contribution in [1.82, 2.24) is 9.88 Å². The summed E-state index contributed by atoms with van der Waals surface area (Å²) in [6, 6.07) is 9.03. The van der Waals surface area contributed by atoms with E-state index >= 15 is 0 Å². The number of sulfonamides is 1. The molecular formula is C20H20FN3O4S. The van der Waals surface area contributed by atoms with Gasteiger partial charge in [0, 0.05) is 23.9 Å². The number of aromatic nitrogens is 1. The Morgan fingerprint density at radius 3 is 2.59 bits per heavy atom. The van der Waals surface area contributed by atoms with Gasteiger partial charge in [-0.15, -0.1) is 0 Å². The molecule has 7 nitrogen and oxygen atoms in total. The molecule has 4 rings (SSSR count). The fraction of sp³-hybridized carbons (Fsp3) is 0.300. The average molecular weight is 417 g/mol. The third-order valence-electron chi connectivity index (χ3n) is 5.32. The van der Waals surface area contributed by atoms with Crippen LogP contribution in [-0.2, 0) is 10.0 Å². The van der Waals surface area contributed by atoms with Crippen LogP contribution >= 0.6 is 0 Å². The Morgan fingerprint density at radius 1 is 1.17 bits per heavy atom. The number of nitrogens with one attached hydrogen (secondary N) is 1. The minimum atomic E-state index is -3.63. The van der Waals surface area contributed by atoms with Crippen molar-refractivity contribution in [3.63, 3.8) is 0 Å². The number of nitrogens with two attached hydrogens (primary N) is 1. The van der Waals surface area contributed by atoms with E-state index in [1.807, 2.05) is 0 Å². The van der Waals surface area contributed by atoms with Crippen molar-refractivity contribution < 1.29 is 17.6 Å². The Kier molecular flexibility index (Phi) is 4.87. The summed E-state index contributed by atoms with van der Waals surface area (Å²) in [4.78, 5) is 30.5. The fourth-order valence-electron chi connectivity index (χ4n) is 4.05. The molecule has 1 aliphatic rings. The molecular weight excluding hydrogens is 397 g/mol. The number of likely N-dealkylation sites (tertiary alicyclic amines) is 1. The molecule has 0 spiro atoms. The number of H-pyrrole nitrogens is 1. The summed E-state index contributed by atoms with van der Waals surface area (Å²) in [5, 5.41) is 5.66. The highest BCUT2D eigenvalue weighted by atomic mass is 32.2. The van der Waals surface area contributed by atoms with Gasteiger partial charge in [-0.1, -0.05) is 12.1 Å². The van der Waals surface area contributed by atoms with E-state index in [-0.39, 0.29) is 51.5 Å². The monoisotopic (exact) mass is 417 g/mol. The molecule has 9 heteroatoms. The molecule has 1 aromatic heterocycles. The van der Waals surface area contributed by atoms with Crippen molar-refractivity contribution in [1.29, 1.82) is 0 Å². The lowest BCUT2D eigenvalue weighted by Crippen LogP contribution is -2.42. The molecule has 2 heterocycles. The number of rotatable bonds is 3. The summed E-state index contributed by atoms with van der Waals surface area (Å²) >= 11 is 0. The summed E-state index contributed by atoms with van der Waals surface area (Å²) < 4.78 is 37.1. The number of amides is 1. The Hall–Kier alpha value is -2.78. The van der Waals surface area contributed by atoms with Gasteiger partial charge in [0.25, 0.3) is 5.91 Å². The summed E-state index contributed by atoms with van der Waals surface area (Å²) in [5.41, 5.74) is 0.222. The number of benzene rings is 2. The highest BCUT2D eigenvalue weighted by Crippen LogP contribution is 2.24. The number of hydrogen-bond acceptors (Lipinski definition) is 4.